The summed E-state index contributed by atoms with van der Waals surface area (Å²) in [5.74, 6) is 3.07. The molecule has 0 radical (unpaired) electrons. The first-order valence-electron chi connectivity index (χ1n) is 9.48. The lowest BCUT2D eigenvalue weighted by Crippen LogP contribution is -2.42. The standard InChI is InChI=1S/C19H34N2O2/c1-12(2)13-6-8-14(9-7-13)20-17-15-10-21(11-16(15)17)18(22)23-19(3,4)5/h12-17,20H,6-11H2,1-5H3. The van der Waals surface area contributed by atoms with E-state index in [0.717, 1.165) is 24.9 Å². The lowest BCUT2D eigenvalue weighted by Gasteiger charge is -2.32. The van der Waals surface area contributed by atoms with Crippen LogP contribution in [0, 0.1) is 23.7 Å². The maximum Gasteiger partial charge on any atom is 0.410 e. The molecule has 1 N–H and O–H groups in total. The fourth-order valence-corrected chi connectivity index (χ4v) is 4.47. The fourth-order valence-electron chi connectivity index (χ4n) is 4.47. The van der Waals surface area contributed by atoms with Crippen LogP contribution in [0.5, 0.6) is 0 Å². The summed E-state index contributed by atoms with van der Waals surface area (Å²) in [4.78, 5) is 14.0. The van der Waals surface area contributed by atoms with Crippen LogP contribution in [0.3, 0.4) is 0 Å². The number of carbonyl (C=O) groups is 1. The molecule has 3 fully saturated rings. The van der Waals surface area contributed by atoms with E-state index in [2.05, 4.69) is 19.2 Å². The molecule has 2 unspecified atom stereocenters. The highest BCUT2D eigenvalue weighted by atomic mass is 16.6. The van der Waals surface area contributed by atoms with Gasteiger partial charge in [0.1, 0.15) is 5.60 Å². The fraction of sp³-hybridized carbons (Fsp3) is 0.947. The zero-order valence-electron chi connectivity index (χ0n) is 15.5. The number of piperidine rings is 1. The molecule has 0 bridgehead atoms. The Morgan fingerprint density at radius 3 is 2.13 bits per heavy atom. The highest BCUT2D eigenvalue weighted by Crippen LogP contribution is 2.46. The Labute approximate surface area is 141 Å². The van der Waals surface area contributed by atoms with Crippen molar-refractivity contribution >= 4 is 6.09 Å². The molecule has 0 aromatic rings. The van der Waals surface area contributed by atoms with Gasteiger partial charge in [-0.1, -0.05) is 13.8 Å². The van der Waals surface area contributed by atoms with Gasteiger partial charge in [-0.05, 0) is 70.1 Å². The van der Waals surface area contributed by atoms with Crippen molar-refractivity contribution in [3.05, 3.63) is 0 Å². The number of nitrogens with zero attached hydrogens (tertiary/aromatic N) is 1. The minimum atomic E-state index is -0.392. The monoisotopic (exact) mass is 322 g/mol. The van der Waals surface area contributed by atoms with Gasteiger partial charge < -0.3 is 15.0 Å². The predicted molar refractivity (Wildman–Crippen MR) is 92.3 cm³/mol. The molecule has 1 heterocycles. The van der Waals surface area contributed by atoms with Gasteiger partial charge in [0.05, 0.1) is 0 Å². The lowest BCUT2D eigenvalue weighted by atomic mass is 9.79. The highest BCUT2D eigenvalue weighted by molar-refractivity contribution is 5.69. The first-order valence-corrected chi connectivity index (χ1v) is 9.48. The van der Waals surface area contributed by atoms with E-state index in [-0.39, 0.29) is 6.09 Å². The molecule has 0 spiro atoms. The van der Waals surface area contributed by atoms with Gasteiger partial charge in [0.15, 0.2) is 0 Å². The lowest BCUT2D eigenvalue weighted by molar-refractivity contribution is 0.0268. The Morgan fingerprint density at radius 2 is 1.65 bits per heavy atom. The smallest absolute Gasteiger partial charge is 0.410 e. The van der Waals surface area contributed by atoms with Crippen LogP contribution < -0.4 is 5.32 Å². The molecule has 1 amide bonds. The SMILES string of the molecule is CC(C)C1CCC(NC2C3CN(C(=O)OC(C)(C)C)CC32)CC1. The van der Waals surface area contributed by atoms with E-state index < -0.39 is 5.60 Å². The van der Waals surface area contributed by atoms with Crippen molar-refractivity contribution in [3.63, 3.8) is 0 Å². The number of fused-ring (bicyclic) bond motifs is 1. The van der Waals surface area contributed by atoms with Crippen molar-refractivity contribution in [1.82, 2.24) is 10.2 Å². The van der Waals surface area contributed by atoms with Gasteiger partial charge in [0.2, 0.25) is 0 Å². The van der Waals surface area contributed by atoms with Crippen LogP contribution in [-0.2, 0) is 4.74 Å². The molecule has 0 aromatic heterocycles. The summed E-state index contributed by atoms with van der Waals surface area (Å²) in [6.45, 7) is 12.2. The van der Waals surface area contributed by atoms with Gasteiger partial charge in [0, 0.05) is 25.2 Å². The van der Waals surface area contributed by atoms with Crippen molar-refractivity contribution in [3.8, 4) is 0 Å². The second-order valence-corrected chi connectivity index (χ2v) is 9.26. The van der Waals surface area contributed by atoms with Gasteiger partial charge in [-0.3, -0.25) is 0 Å². The van der Waals surface area contributed by atoms with E-state index in [1.54, 1.807) is 0 Å². The molecule has 0 aromatic carbocycles. The molecule has 23 heavy (non-hydrogen) atoms. The van der Waals surface area contributed by atoms with E-state index in [1.807, 2.05) is 25.7 Å². The number of carbonyl (C=O) groups excluding carboxylic acids is 1. The van der Waals surface area contributed by atoms with Crippen LogP contribution in [0.2, 0.25) is 0 Å². The van der Waals surface area contributed by atoms with Crippen molar-refractivity contribution in [2.45, 2.75) is 78.0 Å². The number of likely N-dealkylation sites (tertiary alicyclic amines) is 1. The Hall–Kier alpha value is -0.770. The number of ether oxygens (including phenoxy) is 1. The largest absolute Gasteiger partial charge is 0.444 e. The molecule has 1 saturated heterocycles. The Morgan fingerprint density at radius 1 is 1.09 bits per heavy atom. The number of hydrogen-bond donors (Lipinski definition) is 1. The third kappa shape index (κ3) is 4.01. The molecular formula is C19H34N2O2. The summed E-state index contributed by atoms with van der Waals surface area (Å²) >= 11 is 0. The van der Waals surface area contributed by atoms with Crippen LogP contribution >= 0.6 is 0 Å². The van der Waals surface area contributed by atoms with Gasteiger partial charge in [-0.25, -0.2) is 4.79 Å². The minimum Gasteiger partial charge on any atom is -0.444 e. The molecule has 2 atom stereocenters. The van der Waals surface area contributed by atoms with Crippen LogP contribution in [0.1, 0.15) is 60.3 Å². The first-order chi connectivity index (χ1) is 10.7. The second-order valence-electron chi connectivity index (χ2n) is 9.26. The molecule has 1 aliphatic heterocycles. The second kappa shape index (κ2) is 6.27. The molecule has 2 saturated carbocycles. The van der Waals surface area contributed by atoms with Crippen LogP contribution in [0.25, 0.3) is 0 Å². The average Bonchev–Trinajstić information content (AvgIpc) is 2.90. The minimum absolute atomic E-state index is 0.138. The van der Waals surface area contributed by atoms with E-state index in [4.69, 9.17) is 4.74 Å². The summed E-state index contributed by atoms with van der Waals surface area (Å²) in [5, 5.41) is 3.88. The molecular weight excluding hydrogens is 288 g/mol. The Kier molecular flexibility index (Phi) is 4.65. The molecule has 4 nitrogen and oxygen atoms in total. The van der Waals surface area contributed by atoms with E-state index in [0.29, 0.717) is 23.9 Å². The zero-order valence-corrected chi connectivity index (χ0v) is 15.5. The van der Waals surface area contributed by atoms with Crippen LogP contribution in [-0.4, -0.2) is 41.8 Å². The van der Waals surface area contributed by atoms with Gasteiger partial charge >= 0.3 is 6.09 Å². The third-order valence-electron chi connectivity index (χ3n) is 5.99. The summed E-state index contributed by atoms with van der Waals surface area (Å²) in [6, 6.07) is 1.35. The van der Waals surface area contributed by atoms with Crippen LogP contribution in [0.4, 0.5) is 4.79 Å². The molecule has 2 aliphatic carbocycles. The molecule has 3 rings (SSSR count). The highest BCUT2D eigenvalue weighted by Gasteiger charge is 2.57. The van der Waals surface area contributed by atoms with E-state index in [1.165, 1.54) is 25.7 Å². The number of nitrogens with one attached hydrogen (secondary N) is 1. The maximum absolute atomic E-state index is 12.1. The topological polar surface area (TPSA) is 41.6 Å². The number of amides is 1. The Balaban J connectivity index is 1.39. The maximum atomic E-state index is 12.1. The average molecular weight is 322 g/mol. The quantitative estimate of drug-likeness (QED) is 0.862. The summed E-state index contributed by atoms with van der Waals surface area (Å²) in [7, 11) is 0. The summed E-state index contributed by atoms with van der Waals surface area (Å²) in [5.41, 5.74) is -0.392. The van der Waals surface area contributed by atoms with Crippen molar-refractivity contribution in [2.75, 3.05) is 13.1 Å². The first kappa shape index (κ1) is 17.1. The predicted octanol–water partition coefficient (Wildman–Crippen LogP) is 3.66. The van der Waals surface area contributed by atoms with Gasteiger partial charge in [-0.15, -0.1) is 0 Å². The normalized spacial score (nSPS) is 37.0. The van der Waals surface area contributed by atoms with Crippen molar-refractivity contribution < 1.29 is 9.53 Å². The molecule has 4 heteroatoms. The summed E-state index contributed by atoms with van der Waals surface area (Å²) in [6.07, 6.45) is 5.27. The molecule has 132 valence electrons. The summed E-state index contributed by atoms with van der Waals surface area (Å²) < 4.78 is 5.48. The van der Waals surface area contributed by atoms with Crippen molar-refractivity contribution in [1.29, 1.82) is 0 Å². The Bertz CT molecular complexity index is 423. The third-order valence-corrected chi connectivity index (χ3v) is 5.99. The number of hydrogen-bond acceptors (Lipinski definition) is 3. The zero-order chi connectivity index (χ0) is 16.8. The van der Waals surface area contributed by atoms with E-state index >= 15 is 0 Å². The molecule has 3 aliphatic rings. The van der Waals surface area contributed by atoms with Crippen LogP contribution in [0.15, 0.2) is 0 Å². The van der Waals surface area contributed by atoms with E-state index in [9.17, 15) is 4.79 Å². The van der Waals surface area contributed by atoms with Gasteiger partial charge in [0.25, 0.3) is 0 Å². The van der Waals surface area contributed by atoms with Crippen molar-refractivity contribution in [2.24, 2.45) is 23.7 Å². The van der Waals surface area contributed by atoms with Gasteiger partial charge in [-0.2, -0.15) is 0 Å². The number of rotatable bonds is 3.